The predicted molar refractivity (Wildman–Crippen MR) is 88.3 cm³/mol. The number of nitrogens with zero attached hydrogens (tertiary/aromatic N) is 2. The van der Waals surface area contributed by atoms with Crippen LogP contribution in [-0.4, -0.2) is 22.2 Å². The summed E-state index contributed by atoms with van der Waals surface area (Å²) in [6, 6.07) is 7.04. The molecule has 1 N–H and O–H groups in total. The fraction of sp³-hybridized carbons (Fsp3) is 0.412. The van der Waals surface area contributed by atoms with Crippen molar-refractivity contribution in [3.05, 3.63) is 36.0 Å². The minimum Gasteiger partial charge on any atom is -0.489 e. The highest BCUT2D eigenvalue weighted by Gasteiger charge is 2.36. The van der Waals surface area contributed by atoms with Crippen LogP contribution >= 0.6 is 0 Å². The minimum atomic E-state index is -4.60. The number of hydrogen-bond donors (Lipinski definition) is 1. The van der Waals surface area contributed by atoms with Gasteiger partial charge in [0.05, 0.1) is 17.9 Å². The molecule has 25 heavy (non-hydrogen) atoms. The van der Waals surface area contributed by atoms with Gasteiger partial charge in [0.25, 0.3) is 0 Å². The van der Waals surface area contributed by atoms with Gasteiger partial charge in [-0.15, -0.1) is 0 Å². The predicted octanol–water partition coefficient (Wildman–Crippen LogP) is 4.81. The Labute approximate surface area is 144 Å². The van der Waals surface area contributed by atoms with Crippen molar-refractivity contribution in [2.75, 3.05) is 5.32 Å². The third-order valence-corrected chi connectivity index (χ3v) is 2.90. The van der Waals surface area contributed by atoms with Crippen LogP contribution in [0.4, 0.5) is 24.8 Å². The van der Waals surface area contributed by atoms with Gasteiger partial charge in [-0.2, -0.15) is 18.2 Å². The smallest absolute Gasteiger partial charge is 0.423 e. The summed E-state index contributed by atoms with van der Waals surface area (Å²) < 4.78 is 50.1. The van der Waals surface area contributed by atoms with Gasteiger partial charge >= 0.3 is 6.18 Å². The number of aromatic nitrogens is 2. The molecule has 0 aliphatic carbocycles. The minimum absolute atomic E-state index is 0.0107. The van der Waals surface area contributed by atoms with Gasteiger partial charge in [-0.1, -0.05) is 12.1 Å². The Bertz CT molecular complexity index is 719. The third-order valence-electron chi connectivity index (χ3n) is 2.90. The normalized spacial score (nSPS) is 11.7. The standard InChI is InChI=1S/C17H20F3N3O2/c1-10(2)24-14-8-6-5-7-13(14)22-16-21-9-12(17(18,19)20)15(23-16)25-11(3)4/h5-11H,1-4H3,(H,21,22,23). The van der Waals surface area contributed by atoms with Crippen LogP contribution in [0.2, 0.25) is 0 Å². The van der Waals surface area contributed by atoms with E-state index in [1.54, 1.807) is 38.1 Å². The first-order valence-corrected chi connectivity index (χ1v) is 7.80. The lowest BCUT2D eigenvalue weighted by Crippen LogP contribution is -2.16. The van der Waals surface area contributed by atoms with Crippen molar-refractivity contribution in [3.63, 3.8) is 0 Å². The largest absolute Gasteiger partial charge is 0.489 e. The lowest BCUT2D eigenvalue weighted by molar-refractivity contribution is -0.139. The van der Waals surface area contributed by atoms with E-state index in [2.05, 4.69) is 15.3 Å². The van der Waals surface area contributed by atoms with E-state index in [4.69, 9.17) is 9.47 Å². The molecule has 0 spiro atoms. The van der Waals surface area contributed by atoms with E-state index >= 15 is 0 Å². The monoisotopic (exact) mass is 355 g/mol. The second kappa shape index (κ2) is 7.58. The van der Waals surface area contributed by atoms with Crippen molar-refractivity contribution in [2.45, 2.75) is 46.1 Å². The molecule has 0 unspecified atom stereocenters. The fourth-order valence-electron chi connectivity index (χ4n) is 1.98. The zero-order valence-electron chi connectivity index (χ0n) is 14.4. The Kier molecular flexibility index (Phi) is 5.71. The van der Waals surface area contributed by atoms with E-state index in [9.17, 15) is 13.2 Å². The molecule has 136 valence electrons. The highest BCUT2D eigenvalue weighted by Crippen LogP contribution is 2.36. The molecular weight excluding hydrogens is 335 g/mol. The van der Waals surface area contributed by atoms with Crippen LogP contribution in [0.15, 0.2) is 30.5 Å². The molecule has 0 saturated heterocycles. The molecule has 1 aromatic heterocycles. The summed E-state index contributed by atoms with van der Waals surface area (Å²) in [7, 11) is 0. The van der Waals surface area contributed by atoms with Crippen molar-refractivity contribution in [3.8, 4) is 11.6 Å². The van der Waals surface area contributed by atoms with Gasteiger partial charge in [-0.3, -0.25) is 0 Å². The lowest BCUT2D eigenvalue weighted by Gasteiger charge is -2.17. The molecule has 0 bridgehead atoms. The van der Waals surface area contributed by atoms with E-state index in [-0.39, 0.29) is 12.1 Å². The molecule has 0 radical (unpaired) electrons. The zero-order chi connectivity index (χ0) is 18.6. The molecule has 1 heterocycles. The number of rotatable bonds is 6. The summed E-state index contributed by atoms with van der Waals surface area (Å²) in [5, 5.41) is 2.88. The topological polar surface area (TPSA) is 56.3 Å². The van der Waals surface area contributed by atoms with Crippen molar-refractivity contribution < 1.29 is 22.6 Å². The number of nitrogens with one attached hydrogen (secondary N) is 1. The summed E-state index contributed by atoms with van der Waals surface area (Å²) >= 11 is 0. The number of benzene rings is 1. The van der Waals surface area contributed by atoms with Gasteiger partial charge in [0, 0.05) is 6.20 Å². The van der Waals surface area contributed by atoms with Crippen LogP contribution in [0.25, 0.3) is 0 Å². The summed E-state index contributed by atoms with van der Waals surface area (Å²) in [4.78, 5) is 7.63. The van der Waals surface area contributed by atoms with Gasteiger partial charge in [0.2, 0.25) is 11.8 Å². The summed E-state index contributed by atoms with van der Waals surface area (Å²) in [5.41, 5.74) is -0.468. The summed E-state index contributed by atoms with van der Waals surface area (Å²) in [5.74, 6) is 0.0260. The molecule has 2 aromatic rings. The molecule has 1 aromatic carbocycles. The van der Waals surface area contributed by atoms with E-state index in [1.807, 2.05) is 13.8 Å². The van der Waals surface area contributed by atoms with E-state index in [0.717, 1.165) is 0 Å². The summed E-state index contributed by atoms with van der Waals surface area (Å²) in [6.07, 6.45) is -4.41. The average molecular weight is 355 g/mol. The SMILES string of the molecule is CC(C)Oc1ccccc1Nc1ncc(C(F)(F)F)c(OC(C)C)n1. The van der Waals surface area contributed by atoms with Gasteiger partial charge in [0.15, 0.2) is 0 Å². The first kappa shape index (κ1) is 18.8. The number of para-hydroxylation sites is 2. The third kappa shape index (κ3) is 5.23. The maximum atomic E-state index is 13.1. The molecule has 8 heteroatoms. The quantitative estimate of drug-likeness (QED) is 0.806. The Balaban J connectivity index is 2.35. The first-order valence-electron chi connectivity index (χ1n) is 7.80. The van der Waals surface area contributed by atoms with Crippen LogP contribution in [-0.2, 0) is 6.18 Å². The number of halogens is 3. The molecule has 0 saturated carbocycles. The molecule has 0 atom stereocenters. The van der Waals surface area contributed by atoms with Crippen LogP contribution in [0.5, 0.6) is 11.6 Å². The molecule has 0 aliphatic heterocycles. The fourth-order valence-corrected chi connectivity index (χ4v) is 1.98. The van der Waals surface area contributed by atoms with Crippen LogP contribution in [0.3, 0.4) is 0 Å². The van der Waals surface area contributed by atoms with Crippen molar-refractivity contribution in [2.24, 2.45) is 0 Å². The number of alkyl halides is 3. The second-order valence-corrected chi connectivity index (χ2v) is 5.86. The number of anilines is 2. The average Bonchev–Trinajstić information content (AvgIpc) is 2.47. The Morgan fingerprint density at radius 3 is 2.24 bits per heavy atom. The molecule has 0 fully saturated rings. The van der Waals surface area contributed by atoms with Gasteiger partial charge < -0.3 is 14.8 Å². The van der Waals surface area contributed by atoms with Gasteiger partial charge in [-0.05, 0) is 39.8 Å². The molecule has 0 aliphatic rings. The lowest BCUT2D eigenvalue weighted by atomic mass is 10.3. The number of hydrogen-bond acceptors (Lipinski definition) is 5. The molecule has 5 nitrogen and oxygen atoms in total. The Morgan fingerprint density at radius 1 is 1.00 bits per heavy atom. The van der Waals surface area contributed by atoms with Crippen LogP contribution < -0.4 is 14.8 Å². The highest BCUT2D eigenvalue weighted by molar-refractivity contribution is 5.62. The van der Waals surface area contributed by atoms with Crippen LogP contribution in [0, 0.1) is 0 Å². The van der Waals surface area contributed by atoms with Crippen molar-refractivity contribution >= 4 is 11.6 Å². The van der Waals surface area contributed by atoms with Gasteiger partial charge in [0.1, 0.15) is 11.3 Å². The van der Waals surface area contributed by atoms with Crippen molar-refractivity contribution in [1.29, 1.82) is 0 Å². The Hall–Kier alpha value is -2.51. The van der Waals surface area contributed by atoms with E-state index in [0.29, 0.717) is 17.6 Å². The van der Waals surface area contributed by atoms with E-state index < -0.39 is 23.7 Å². The number of ether oxygens (including phenoxy) is 2. The zero-order valence-corrected chi connectivity index (χ0v) is 14.4. The first-order chi connectivity index (χ1) is 11.7. The van der Waals surface area contributed by atoms with Crippen molar-refractivity contribution in [1.82, 2.24) is 9.97 Å². The summed E-state index contributed by atoms with van der Waals surface area (Å²) in [6.45, 7) is 7.00. The Morgan fingerprint density at radius 2 is 1.64 bits per heavy atom. The van der Waals surface area contributed by atoms with E-state index in [1.165, 1.54) is 0 Å². The molecular formula is C17H20F3N3O2. The maximum absolute atomic E-state index is 13.1. The molecule has 0 amide bonds. The molecule has 2 rings (SSSR count). The second-order valence-electron chi connectivity index (χ2n) is 5.86. The highest BCUT2D eigenvalue weighted by atomic mass is 19.4. The maximum Gasteiger partial charge on any atom is 0.423 e. The van der Waals surface area contributed by atoms with Crippen LogP contribution in [0.1, 0.15) is 33.3 Å². The van der Waals surface area contributed by atoms with Gasteiger partial charge in [-0.25, -0.2) is 4.98 Å².